The maximum absolute atomic E-state index is 10.1. The first kappa shape index (κ1) is 15.1. The minimum Gasteiger partial charge on any atom is -0.508 e. The van der Waals surface area contributed by atoms with Gasteiger partial charge in [-0.2, -0.15) is 0 Å². The molecule has 3 nitrogen and oxygen atoms in total. The van der Waals surface area contributed by atoms with Crippen molar-refractivity contribution in [2.75, 3.05) is 0 Å². The summed E-state index contributed by atoms with van der Waals surface area (Å²) >= 11 is 0. The van der Waals surface area contributed by atoms with Crippen molar-refractivity contribution in [3.05, 3.63) is 53.6 Å². The summed E-state index contributed by atoms with van der Waals surface area (Å²) in [6, 6.07) is 13.0. The number of hydrogen-bond donors (Lipinski definition) is 3. The zero-order chi connectivity index (χ0) is 17.2. The van der Waals surface area contributed by atoms with E-state index in [1.165, 1.54) is 31.2 Å². The Morgan fingerprint density at radius 2 is 1.52 bits per heavy atom. The van der Waals surface area contributed by atoms with Gasteiger partial charge in [0, 0.05) is 5.41 Å². The van der Waals surface area contributed by atoms with Gasteiger partial charge in [-0.1, -0.05) is 24.6 Å². The Hall–Kier alpha value is -2.16. The standard InChI is InChI=1S/C22H24O3/c23-16-7-4-14(5-8-16)22(15-6-9-20(24)21(25)11-15)12-13-10-19(22)18-3-1-2-17(13)18/h4-9,11,13,17-19,23-25H,1-3,10,12H2. The summed E-state index contributed by atoms with van der Waals surface area (Å²) < 4.78 is 0. The molecule has 2 aromatic rings. The molecule has 0 aromatic heterocycles. The van der Waals surface area contributed by atoms with Crippen LogP contribution in [0.1, 0.15) is 43.2 Å². The van der Waals surface area contributed by atoms with Gasteiger partial charge in [-0.05, 0) is 84.7 Å². The minimum absolute atomic E-state index is 0.0404. The maximum atomic E-state index is 10.1. The molecule has 0 radical (unpaired) electrons. The van der Waals surface area contributed by atoms with Crippen molar-refractivity contribution < 1.29 is 15.3 Å². The van der Waals surface area contributed by atoms with Crippen LogP contribution in [0.15, 0.2) is 42.5 Å². The highest BCUT2D eigenvalue weighted by Gasteiger charge is 2.61. The first-order chi connectivity index (χ1) is 12.1. The third-order valence-corrected chi connectivity index (χ3v) is 7.39. The molecule has 5 rings (SSSR count). The normalized spacial score (nSPS) is 35.8. The first-order valence-electron chi connectivity index (χ1n) is 9.41. The van der Waals surface area contributed by atoms with E-state index in [0.29, 0.717) is 5.92 Å². The van der Waals surface area contributed by atoms with Gasteiger partial charge in [0.25, 0.3) is 0 Å². The molecular formula is C22H24O3. The van der Waals surface area contributed by atoms with Gasteiger partial charge >= 0.3 is 0 Å². The molecule has 2 bridgehead atoms. The van der Waals surface area contributed by atoms with Crippen molar-refractivity contribution >= 4 is 0 Å². The lowest BCUT2D eigenvalue weighted by molar-refractivity contribution is 0.181. The quantitative estimate of drug-likeness (QED) is 0.705. The molecule has 3 saturated carbocycles. The van der Waals surface area contributed by atoms with Crippen LogP contribution in [0.2, 0.25) is 0 Å². The molecule has 3 aliphatic carbocycles. The molecule has 3 aliphatic rings. The minimum atomic E-state index is -0.116. The van der Waals surface area contributed by atoms with Crippen molar-refractivity contribution in [2.45, 2.75) is 37.5 Å². The fourth-order valence-corrected chi connectivity index (χ4v) is 6.53. The average molecular weight is 336 g/mol. The fraction of sp³-hybridized carbons (Fsp3) is 0.455. The molecule has 3 N–H and O–H groups in total. The van der Waals surface area contributed by atoms with Crippen LogP contribution in [0, 0.1) is 23.7 Å². The molecule has 5 unspecified atom stereocenters. The molecule has 0 aliphatic heterocycles. The highest BCUT2D eigenvalue weighted by Crippen LogP contribution is 2.68. The Morgan fingerprint density at radius 1 is 0.800 bits per heavy atom. The molecule has 5 atom stereocenters. The molecule has 0 heterocycles. The van der Waals surface area contributed by atoms with Crippen LogP contribution in [-0.4, -0.2) is 15.3 Å². The predicted molar refractivity (Wildman–Crippen MR) is 95.7 cm³/mol. The van der Waals surface area contributed by atoms with E-state index in [4.69, 9.17) is 0 Å². The van der Waals surface area contributed by atoms with Crippen LogP contribution in [-0.2, 0) is 5.41 Å². The number of aromatic hydroxyl groups is 3. The van der Waals surface area contributed by atoms with E-state index in [9.17, 15) is 15.3 Å². The highest BCUT2D eigenvalue weighted by atomic mass is 16.3. The lowest BCUT2D eigenvalue weighted by Crippen LogP contribution is -2.40. The number of phenolic OH excluding ortho intramolecular Hbond substituents is 3. The summed E-state index contributed by atoms with van der Waals surface area (Å²) in [4.78, 5) is 0. The van der Waals surface area contributed by atoms with E-state index < -0.39 is 0 Å². The number of fused-ring (bicyclic) bond motifs is 5. The summed E-state index contributed by atoms with van der Waals surface area (Å²) in [5.41, 5.74) is 2.22. The molecule has 3 heteroatoms. The third kappa shape index (κ3) is 1.98. The smallest absolute Gasteiger partial charge is 0.157 e. The van der Waals surface area contributed by atoms with Crippen LogP contribution >= 0.6 is 0 Å². The van der Waals surface area contributed by atoms with E-state index in [0.717, 1.165) is 29.7 Å². The van der Waals surface area contributed by atoms with Gasteiger partial charge in [0.1, 0.15) is 5.75 Å². The predicted octanol–water partition coefficient (Wildman–Crippen LogP) is 4.55. The van der Waals surface area contributed by atoms with Crippen LogP contribution in [0.4, 0.5) is 0 Å². The second-order valence-corrected chi connectivity index (χ2v) is 8.29. The molecule has 3 fully saturated rings. The second kappa shape index (κ2) is 5.17. The van der Waals surface area contributed by atoms with E-state index in [1.807, 2.05) is 18.2 Å². The topological polar surface area (TPSA) is 60.7 Å². The zero-order valence-corrected chi connectivity index (χ0v) is 14.2. The summed E-state index contributed by atoms with van der Waals surface area (Å²) in [6.07, 6.45) is 6.40. The fourth-order valence-electron chi connectivity index (χ4n) is 6.53. The van der Waals surface area contributed by atoms with E-state index in [2.05, 4.69) is 0 Å². The van der Waals surface area contributed by atoms with Crippen LogP contribution in [0.5, 0.6) is 17.2 Å². The molecule has 0 saturated heterocycles. The average Bonchev–Trinajstić information content (AvgIpc) is 3.29. The molecule has 0 amide bonds. The first-order valence-corrected chi connectivity index (χ1v) is 9.41. The van der Waals surface area contributed by atoms with E-state index in [1.54, 1.807) is 24.3 Å². The van der Waals surface area contributed by atoms with Crippen LogP contribution < -0.4 is 0 Å². The van der Waals surface area contributed by atoms with Gasteiger partial charge in [-0.15, -0.1) is 0 Å². The Balaban J connectivity index is 1.69. The lowest BCUT2D eigenvalue weighted by atomic mass is 9.59. The molecule has 2 aromatic carbocycles. The molecular weight excluding hydrogens is 312 g/mol. The van der Waals surface area contributed by atoms with Gasteiger partial charge in [-0.3, -0.25) is 0 Å². The summed E-state index contributed by atoms with van der Waals surface area (Å²) in [7, 11) is 0. The van der Waals surface area contributed by atoms with Crippen molar-refractivity contribution in [3.63, 3.8) is 0 Å². The van der Waals surface area contributed by atoms with Gasteiger partial charge in [-0.25, -0.2) is 0 Å². The van der Waals surface area contributed by atoms with Crippen molar-refractivity contribution in [3.8, 4) is 17.2 Å². The van der Waals surface area contributed by atoms with Gasteiger partial charge in [0.15, 0.2) is 11.5 Å². The van der Waals surface area contributed by atoms with Crippen molar-refractivity contribution in [2.24, 2.45) is 23.7 Å². The van der Waals surface area contributed by atoms with Gasteiger partial charge in [0.2, 0.25) is 0 Å². The Kier molecular flexibility index (Phi) is 3.13. The molecule has 25 heavy (non-hydrogen) atoms. The Morgan fingerprint density at radius 3 is 2.28 bits per heavy atom. The van der Waals surface area contributed by atoms with Gasteiger partial charge < -0.3 is 15.3 Å². The highest BCUT2D eigenvalue weighted by molar-refractivity contribution is 5.50. The lowest BCUT2D eigenvalue weighted by Gasteiger charge is -2.44. The summed E-state index contributed by atoms with van der Waals surface area (Å²) in [5.74, 6) is 3.16. The summed E-state index contributed by atoms with van der Waals surface area (Å²) in [6.45, 7) is 0. The second-order valence-electron chi connectivity index (χ2n) is 8.29. The van der Waals surface area contributed by atoms with E-state index >= 15 is 0 Å². The van der Waals surface area contributed by atoms with Crippen molar-refractivity contribution in [1.82, 2.24) is 0 Å². The maximum Gasteiger partial charge on any atom is 0.157 e. The molecule has 0 spiro atoms. The van der Waals surface area contributed by atoms with E-state index in [-0.39, 0.29) is 22.7 Å². The Bertz CT molecular complexity index is 813. The number of phenols is 3. The summed E-state index contributed by atoms with van der Waals surface area (Å²) in [5, 5.41) is 29.7. The SMILES string of the molecule is Oc1ccc(C2(c3ccc(O)c(O)c3)CC3CC2C2CCCC32)cc1. The van der Waals surface area contributed by atoms with Crippen molar-refractivity contribution in [1.29, 1.82) is 0 Å². The monoisotopic (exact) mass is 336 g/mol. The Labute approximate surface area is 148 Å². The zero-order valence-electron chi connectivity index (χ0n) is 14.2. The number of rotatable bonds is 2. The number of hydrogen-bond acceptors (Lipinski definition) is 3. The number of benzene rings is 2. The molecule has 130 valence electrons. The van der Waals surface area contributed by atoms with Gasteiger partial charge in [0.05, 0.1) is 0 Å². The van der Waals surface area contributed by atoms with Crippen LogP contribution in [0.3, 0.4) is 0 Å². The largest absolute Gasteiger partial charge is 0.508 e. The third-order valence-electron chi connectivity index (χ3n) is 7.39. The van der Waals surface area contributed by atoms with Crippen LogP contribution in [0.25, 0.3) is 0 Å².